The van der Waals surface area contributed by atoms with Crippen molar-refractivity contribution in [1.29, 1.82) is 0 Å². The minimum atomic E-state index is -0.478. The zero-order valence-electron chi connectivity index (χ0n) is 12.1. The molecule has 1 aliphatic rings. The quantitative estimate of drug-likeness (QED) is 0.871. The number of carbonyl (C=O) groups excluding carboxylic acids is 1. The monoisotopic (exact) mass is 297 g/mol. The number of hydrogen-bond acceptors (Lipinski definition) is 4. The van der Waals surface area contributed by atoms with Crippen molar-refractivity contribution in [2.24, 2.45) is 0 Å². The maximum atomic E-state index is 13.6. The summed E-state index contributed by atoms with van der Waals surface area (Å²) in [5.41, 5.74) is 0.545. The van der Waals surface area contributed by atoms with Crippen LogP contribution in [0.15, 0.2) is 12.1 Å². The van der Waals surface area contributed by atoms with Gasteiger partial charge in [0.2, 0.25) is 0 Å². The van der Waals surface area contributed by atoms with E-state index < -0.39 is 5.82 Å². The summed E-state index contributed by atoms with van der Waals surface area (Å²) >= 11 is 1.92. The van der Waals surface area contributed by atoms with Crippen LogP contribution >= 0.6 is 11.8 Å². The number of rotatable bonds is 3. The van der Waals surface area contributed by atoms with Crippen molar-refractivity contribution in [2.45, 2.75) is 32.1 Å². The van der Waals surface area contributed by atoms with Crippen molar-refractivity contribution >= 4 is 17.5 Å². The van der Waals surface area contributed by atoms with E-state index >= 15 is 0 Å². The van der Waals surface area contributed by atoms with Crippen LogP contribution in [0.25, 0.3) is 0 Å². The van der Waals surface area contributed by atoms with E-state index in [-0.39, 0.29) is 21.8 Å². The largest absolute Gasteiger partial charge is 0.507 e. The summed E-state index contributed by atoms with van der Waals surface area (Å²) in [6.45, 7) is 7.93. The van der Waals surface area contributed by atoms with Crippen molar-refractivity contribution in [3.8, 4) is 5.75 Å². The fourth-order valence-corrected chi connectivity index (χ4v) is 3.71. The predicted octanol–water partition coefficient (Wildman–Crippen LogP) is 3.06. The summed E-state index contributed by atoms with van der Waals surface area (Å²) < 4.78 is 13.7. The Hall–Kier alpha value is -1.07. The average Bonchev–Trinajstić information content (AvgIpc) is 2.31. The molecule has 1 aromatic carbocycles. The molecule has 20 heavy (non-hydrogen) atoms. The van der Waals surface area contributed by atoms with Gasteiger partial charge < -0.3 is 5.11 Å². The fraction of sp³-hybridized carbons (Fsp3) is 0.533. The molecule has 0 bridgehead atoms. The highest BCUT2D eigenvalue weighted by Gasteiger charge is 2.27. The van der Waals surface area contributed by atoms with Crippen LogP contribution in [-0.2, 0) is 6.54 Å². The normalized spacial score (nSPS) is 19.0. The second-order valence-corrected chi connectivity index (χ2v) is 7.64. The van der Waals surface area contributed by atoms with Gasteiger partial charge in [-0.2, -0.15) is 11.8 Å². The number of aromatic hydroxyl groups is 1. The molecule has 3 nitrogen and oxygen atoms in total. The first kappa shape index (κ1) is 15.3. The number of nitrogens with zero attached hydrogens (tertiary/aromatic N) is 1. The van der Waals surface area contributed by atoms with Crippen LogP contribution in [-0.4, -0.2) is 39.4 Å². The zero-order valence-corrected chi connectivity index (χ0v) is 12.9. The average molecular weight is 297 g/mol. The molecule has 2 rings (SSSR count). The van der Waals surface area contributed by atoms with Crippen LogP contribution in [0.4, 0.5) is 4.39 Å². The van der Waals surface area contributed by atoms with E-state index in [0.29, 0.717) is 12.1 Å². The molecule has 1 aromatic rings. The smallest absolute Gasteiger partial charge is 0.163 e. The van der Waals surface area contributed by atoms with E-state index in [0.717, 1.165) is 24.9 Å². The Labute approximate surface area is 123 Å². The Morgan fingerprint density at radius 2 is 2.20 bits per heavy atom. The van der Waals surface area contributed by atoms with E-state index in [2.05, 4.69) is 18.7 Å². The molecular formula is C15H20FNO2S. The number of Topliss-reactive ketones (excluding diaryl/α,β-unsaturated/α-hetero) is 1. The van der Waals surface area contributed by atoms with Gasteiger partial charge in [-0.25, -0.2) is 4.39 Å². The summed E-state index contributed by atoms with van der Waals surface area (Å²) in [5, 5.41) is 10.1. The van der Waals surface area contributed by atoms with Gasteiger partial charge in [-0.05, 0) is 32.9 Å². The molecule has 1 heterocycles. The van der Waals surface area contributed by atoms with Gasteiger partial charge in [0.15, 0.2) is 5.78 Å². The molecule has 1 fully saturated rings. The van der Waals surface area contributed by atoms with Crippen molar-refractivity contribution in [2.75, 3.05) is 18.8 Å². The van der Waals surface area contributed by atoms with Gasteiger partial charge in [0.1, 0.15) is 11.6 Å². The lowest BCUT2D eigenvalue weighted by molar-refractivity contribution is 0.101. The van der Waals surface area contributed by atoms with E-state index in [1.54, 1.807) is 0 Å². The molecule has 110 valence electrons. The number of carbonyl (C=O) groups is 1. The third-order valence-electron chi connectivity index (χ3n) is 3.43. The first-order valence-electron chi connectivity index (χ1n) is 6.67. The second-order valence-electron chi connectivity index (χ2n) is 5.84. The SMILES string of the molecule is CC(=O)c1cc(F)cc(CN2CCSC(C)(C)C2)c1O. The van der Waals surface area contributed by atoms with Crippen molar-refractivity contribution in [3.05, 3.63) is 29.1 Å². The predicted molar refractivity (Wildman–Crippen MR) is 79.9 cm³/mol. The third kappa shape index (κ3) is 3.52. The van der Waals surface area contributed by atoms with Gasteiger partial charge in [-0.3, -0.25) is 9.69 Å². The summed E-state index contributed by atoms with van der Waals surface area (Å²) in [7, 11) is 0. The maximum absolute atomic E-state index is 13.6. The molecule has 0 atom stereocenters. The van der Waals surface area contributed by atoms with Gasteiger partial charge in [-0.1, -0.05) is 0 Å². The fourth-order valence-electron chi connectivity index (χ4n) is 2.53. The molecule has 0 aromatic heterocycles. The van der Waals surface area contributed by atoms with Crippen molar-refractivity contribution in [1.82, 2.24) is 4.90 Å². The number of phenolic OH excluding ortho intramolecular Hbond substituents is 1. The summed E-state index contributed by atoms with van der Waals surface area (Å²) in [6, 6.07) is 2.41. The highest BCUT2D eigenvalue weighted by molar-refractivity contribution is 8.00. The zero-order chi connectivity index (χ0) is 14.9. The Balaban J connectivity index is 2.23. The van der Waals surface area contributed by atoms with Gasteiger partial charge >= 0.3 is 0 Å². The minimum Gasteiger partial charge on any atom is -0.507 e. The summed E-state index contributed by atoms with van der Waals surface area (Å²) in [4.78, 5) is 13.6. The molecule has 0 radical (unpaired) electrons. The highest BCUT2D eigenvalue weighted by atomic mass is 32.2. The topological polar surface area (TPSA) is 40.5 Å². The van der Waals surface area contributed by atoms with E-state index in [9.17, 15) is 14.3 Å². The number of hydrogen-bond donors (Lipinski definition) is 1. The highest BCUT2D eigenvalue weighted by Crippen LogP contribution is 2.32. The molecule has 0 aliphatic carbocycles. The molecule has 1 saturated heterocycles. The van der Waals surface area contributed by atoms with Crippen LogP contribution < -0.4 is 0 Å². The first-order chi connectivity index (χ1) is 9.28. The molecule has 0 spiro atoms. The first-order valence-corrected chi connectivity index (χ1v) is 7.66. The Bertz CT molecular complexity index is 531. The Kier molecular flexibility index (Phi) is 4.39. The molecule has 1 aliphatic heterocycles. The maximum Gasteiger partial charge on any atom is 0.163 e. The van der Waals surface area contributed by atoms with Gasteiger partial charge in [0.25, 0.3) is 0 Å². The standard InChI is InChI=1S/C15H20FNO2S/c1-10(18)13-7-12(16)6-11(14(13)19)8-17-4-5-20-15(2,3)9-17/h6-7,19H,4-5,8-9H2,1-3H3. The minimum absolute atomic E-state index is 0.0608. The number of thioether (sulfide) groups is 1. The van der Waals surface area contributed by atoms with Crippen molar-refractivity contribution < 1.29 is 14.3 Å². The lowest BCUT2D eigenvalue weighted by atomic mass is 10.0. The van der Waals surface area contributed by atoms with Crippen molar-refractivity contribution in [3.63, 3.8) is 0 Å². The molecule has 0 saturated carbocycles. The van der Waals surface area contributed by atoms with Crippen LogP contribution in [0.2, 0.25) is 0 Å². The summed E-state index contributed by atoms with van der Waals surface area (Å²) in [5.74, 6) is 0.129. The Morgan fingerprint density at radius 1 is 1.50 bits per heavy atom. The van der Waals surface area contributed by atoms with Gasteiger partial charge in [-0.15, -0.1) is 0 Å². The third-order valence-corrected chi connectivity index (χ3v) is 4.73. The number of ketones is 1. The van der Waals surface area contributed by atoms with Gasteiger partial charge in [0.05, 0.1) is 5.56 Å². The van der Waals surface area contributed by atoms with E-state index in [1.165, 1.54) is 13.0 Å². The number of halogens is 1. The van der Waals surface area contributed by atoms with Gasteiger partial charge in [0, 0.05) is 35.7 Å². The van der Waals surface area contributed by atoms with Crippen LogP contribution in [0.1, 0.15) is 36.7 Å². The van der Waals surface area contributed by atoms with Crippen LogP contribution in [0.5, 0.6) is 5.75 Å². The number of phenols is 1. The second kappa shape index (κ2) is 5.74. The molecular weight excluding hydrogens is 277 g/mol. The lowest BCUT2D eigenvalue weighted by Gasteiger charge is -2.37. The summed E-state index contributed by atoms with van der Waals surface area (Å²) in [6.07, 6.45) is 0. The molecule has 0 unspecified atom stereocenters. The van der Waals surface area contributed by atoms with Crippen LogP contribution in [0.3, 0.4) is 0 Å². The number of benzene rings is 1. The Morgan fingerprint density at radius 3 is 2.80 bits per heavy atom. The lowest BCUT2D eigenvalue weighted by Crippen LogP contribution is -2.42. The van der Waals surface area contributed by atoms with Crippen LogP contribution in [0, 0.1) is 5.82 Å². The molecule has 0 amide bonds. The van der Waals surface area contributed by atoms with E-state index in [4.69, 9.17) is 0 Å². The molecule has 5 heteroatoms. The molecule has 1 N–H and O–H groups in total. The van der Waals surface area contributed by atoms with E-state index in [1.807, 2.05) is 11.8 Å².